The van der Waals surface area contributed by atoms with Gasteiger partial charge in [-0.05, 0) is 74.3 Å². The second-order valence-corrected chi connectivity index (χ2v) is 7.60. The van der Waals surface area contributed by atoms with E-state index in [0.29, 0.717) is 0 Å². The highest BCUT2D eigenvalue weighted by Gasteiger charge is 1.97. The lowest BCUT2D eigenvalue weighted by molar-refractivity contribution is 1.51. The molecule has 0 fully saturated rings. The molecule has 29 heavy (non-hydrogen) atoms. The van der Waals surface area contributed by atoms with Crippen molar-refractivity contribution in [3.8, 4) is 0 Å². The summed E-state index contributed by atoms with van der Waals surface area (Å²) in [7, 11) is 0. The predicted octanol–water partition coefficient (Wildman–Crippen LogP) is 8.29. The second kappa shape index (κ2) is 7.41. The molecule has 138 valence electrons. The minimum Gasteiger partial charge on any atom is -0.0616 e. The molecule has 0 radical (unpaired) electrons. The van der Waals surface area contributed by atoms with E-state index in [4.69, 9.17) is 0 Å². The quantitative estimate of drug-likeness (QED) is 0.236. The molecule has 0 bridgehead atoms. The maximum absolute atomic E-state index is 2.26. The Morgan fingerprint density at radius 1 is 0.310 bits per heavy atom. The van der Waals surface area contributed by atoms with Crippen LogP contribution in [0.4, 0.5) is 0 Å². The van der Waals surface area contributed by atoms with E-state index in [0.717, 1.165) is 0 Å². The van der Waals surface area contributed by atoms with Crippen LogP contribution < -0.4 is 0 Å². The van der Waals surface area contributed by atoms with E-state index in [-0.39, 0.29) is 0 Å². The molecule has 0 aromatic heterocycles. The van der Waals surface area contributed by atoms with Crippen LogP contribution in [0.25, 0.3) is 43.1 Å². The molecule has 0 heterocycles. The van der Waals surface area contributed by atoms with Crippen molar-refractivity contribution in [3.05, 3.63) is 121 Å². The molecular weight excluding hydrogens is 348 g/mol. The number of aryl methyl sites for hydroxylation is 1. The van der Waals surface area contributed by atoms with Gasteiger partial charge in [-0.3, -0.25) is 0 Å². The van der Waals surface area contributed by atoms with E-state index in [1.807, 2.05) is 0 Å². The smallest absolute Gasteiger partial charge is 0.0175 e. The van der Waals surface area contributed by atoms with Gasteiger partial charge in [0.25, 0.3) is 0 Å². The molecule has 6 aromatic rings. The molecule has 0 aliphatic rings. The third-order valence-corrected chi connectivity index (χ3v) is 5.47. The minimum atomic E-state index is 1.31. The monoisotopic (exact) mass is 370 g/mol. The minimum absolute atomic E-state index is 1.31. The van der Waals surface area contributed by atoms with E-state index >= 15 is 0 Å². The van der Waals surface area contributed by atoms with Crippen molar-refractivity contribution >= 4 is 43.1 Å². The summed E-state index contributed by atoms with van der Waals surface area (Å²) in [4.78, 5) is 0. The molecule has 0 spiro atoms. The summed E-state index contributed by atoms with van der Waals surface area (Å²) >= 11 is 0. The van der Waals surface area contributed by atoms with E-state index in [1.54, 1.807) is 0 Å². The molecule has 0 aliphatic carbocycles. The number of hydrogen-bond acceptors (Lipinski definition) is 0. The Morgan fingerprint density at radius 3 is 1.00 bits per heavy atom. The molecule has 0 aliphatic heterocycles. The highest BCUT2D eigenvalue weighted by molar-refractivity contribution is 5.99. The van der Waals surface area contributed by atoms with Crippen LogP contribution in [0.3, 0.4) is 0 Å². The van der Waals surface area contributed by atoms with E-state index in [9.17, 15) is 0 Å². The first-order valence-electron chi connectivity index (χ1n) is 10.0. The van der Waals surface area contributed by atoms with E-state index in [1.165, 1.54) is 48.7 Å². The van der Waals surface area contributed by atoms with Crippen molar-refractivity contribution in [2.24, 2.45) is 0 Å². The van der Waals surface area contributed by atoms with Gasteiger partial charge in [-0.25, -0.2) is 0 Å². The molecule has 0 saturated heterocycles. The molecule has 0 nitrogen and oxygen atoms in total. The summed E-state index contributed by atoms with van der Waals surface area (Å²) in [6.07, 6.45) is 0. The van der Waals surface area contributed by atoms with Crippen LogP contribution >= 0.6 is 0 Å². The van der Waals surface area contributed by atoms with Crippen molar-refractivity contribution in [1.29, 1.82) is 0 Å². The van der Waals surface area contributed by atoms with Gasteiger partial charge in [0.1, 0.15) is 0 Å². The Morgan fingerprint density at radius 2 is 0.621 bits per heavy atom. The van der Waals surface area contributed by atoms with Crippen LogP contribution in [0.2, 0.25) is 0 Å². The lowest BCUT2D eigenvalue weighted by Crippen LogP contribution is -1.77. The van der Waals surface area contributed by atoms with E-state index < -0.39 is 0 Å². The fourth-order valence-electron chi connectivity index (χ4n) is 3.94. The lowest BCUT2D eigenvalue weighted by Gasteiger charge is -2.02. The van der Waals surface area contributed by atoms with Crippen LogP contribution in [0.15, 0.2) is 115 Å². The number of benzene rings is 6. The second-order valence-electron chi connectivity index (χ2n) is 7.60. The Labute approximate surface area is 171 Å². The average molecular weight is 370 g/mol. The van der Waals surface area contributed by atoms with Gasteiger partial charge in [-0.15, -0.1) is 0 Å². The standard InChI is InChI=1S/C15H12.C14H10/c1-11-6-7-14-9-12-4-2-3-5-13(12)10-15(14)8-11;1-2-6-12-10-14-8-4-3-7-13(14)9-11(12)5-1/h2-10H,1H3;1-10H. The molecule has 0 heteroatoms. The topological polar surface area (TPSA) is 0 Å². The summed E-state index contributed by atoms with van der Waals surface area (Å²) < 4.78 is 0. The Bertz CT molecular complexity index is 1350. The molecule has 6 aromatic carbocycles. The lowest BCUT2D eigenvalue weighted by atomic mass is 10.0. The fourth-order valence-corrected chi connectivity index (χ4v) is 3.94. The average Bonchev–Trinajstić information content (AvgIpc) is 2.76. The molecule has 6 rings (SSSR count). The van der Waals surface area contributed by atoms with Crippen molar-refractivity contribution in [2.45, 2.75) is 6.92 Å². The zero-order valence-corrected chi connectivity index (χ0v) is 16.5. The molecule has 0 atom stereocenters. The van der Waals surface area contributed by atoms with Gasteiger partial charge in [0.15, 0.2) is 0 Å². The number of rotatable bonds is 0. The first-order valence-corrected chi connectivity index (χ1v) is 10.0. The zero-order valence-electron chi connectivity index (χ0n) is 16.5. The van der Waals surface area contributed by atoms with Crippen LogP contribution in [0, 0.1) is 6.92 Å². The maximum Gasteiger partial charge on any atom is -0.0175 e. The highest BCUT2D eigenvalue weighted by atomic mass is 14.0. The third kappa shape index (κ3) is 3.58. The fraction of sp³-hybridized carbons (Fsp3) is 0.0345. The number of hydrogen-bond donors (Lipinski definition) is 0. The molecule has 0 N–H and O–H groups in total. The first kappa shape index (κ1) is 17.5. The van der Waals surface area contributed by atoms with Crippen molar-refractivity contribution < 1.29 is 0 Å². The predicted molar refractivity (Wildman–Crippen MR) is 128 cm³/mol. The van der Waals surface area contributed by atoms with Crippen molar-refractivity contribution in [1.82, 2.24) is 0 Å². The number of fused-ring (bicyclic) bond motifs is 4. The van der Waals surface area contributed by atoms with Crippen LogP contribution in [-0.4, -0.2) is 0 Å². The van der Waals surface area contributed by atoms with Gasteiger partial charge in [0.05, 0.1) is 0 Å². The Kier molecular flexibility index (Phi) is 4.46. The summed E-state index contributed by atoms with van der Waals surface area (Å²) in [5.41, 5.74) is 1.32. The molecule has 0 saturated carbocycles. The van der Waals surface area contributed by atoms with Crippen molar-refractivity contribution in [3.63, 3.8) is 0 Å². The maximum atomic E-state index is 2.26. The van der Waals surface area contributed by atoms with Gasteiger partial charge >= 0.3 is 0 Å². The Hall–Kier alpha value is -3.64. The summed E-state index contributed by atoms with van der Waals surface area (Å²) in [6, 6.07) is 41.0. The normalized spacial score (nSPS) is 10.9. The third-order valence-electron chi connectivity index (χ3n) is 5.47. The molecule has 0 unspecified atom stereocenters. The van der Waals surface area contributed by atoms with Gasteiger partial charge in [-0.1, -0.05) is 96.6 Å². The largest absolute Gasteiger partial charge is 0.0616 e. The van der Waals surface area contributed by atoms with Crippen molar-refractivity contribution in [2.75, 3.05) is 0 Å². The Balaban J connectivity index is 0.000000125. The summed E-state index contributed by atoms with van der Waals surface area (Å²) in [6.45, 7) is 2.13. The van der Waals surface area contributed by atoms with Gasteiger partial charge in [0, 0.05) is 0 Å². The molecule has 0 amide bonds. The molecular formula is C29H22. The summed E-state index contributed by atoms with van der Waals surface area (Å²) in [5, 5.41) is 10.5. The zero-order chi connectivity index (χ0) is 19.6. The van der Waals surface area contributed by atoms with Gasteiger partial charge in [-0.2, -0.15) is 0 Å². The SMILES string of the molecule is Cc1ccc2cc3ccccc3cc2c1.c1ccc2cc3ccccc3cc2c1. The van der Waals surface area contributed by atoms with Gasteiger partial charge in [0.2, 0.25) is 0 Å². The van der Waals surface area contributed by atoms with E-state index in [2.05, 4.69) is 122 Å². The van der Waals surface area contributed by atoms with Crippen LogP contribution in [-0.2, 0) is 0 Å². The van der Waals surface area contributed by atoms with Crippen LogP contribution in [0.5, 0.6) is 0 Å². The summed E-state index contributed by atoms with van der Waals surface area (Å²) in [5.74, 6) is 0. The van der Waals surface area contributed by atoms with Gasteiger partial charge < -0.3 is 0 Å². The van der Waals surface area contributed by atoms with Crippen LogP contribution in [0.1, 0.15) is 5.56 Å². The highest BCUT2D eigenvalue weighted by Crippen LogP contribution is 2.24. The first-order chi connectivity index (χ1) is 14.3.